The van der Waals surface area contributed by atoms with Gasteiger partial charge in [0.2, 0.25) is 0 Å². The van der Waals surface area contributed by atoms with Gasteiger partial charge in [0.25, 0.3) is 0 Å². The summed E-state index contributed by atoms with van der Waals surface area (Å²) in [6.07, 6.45) is 0. The molecule has 0 aliphatic carbocycles. The van der Waals surface area contributed by atoms with Crippen molar-refractivity contribution in [3.05, 3.63) is 12.1 Å². The van der Waals surface area contributed by atoms with Crippen LogP contribution in [-0.2, 0) is 4.74 Å². The zero-order valence-electron chi connectivity index (χ0n) is 9.52. The number of anilines is 1. The summed E-state index contributed by atoms with van der Waals surface area (Å²) in [5.41, 5.74) is 0.610. The Morgan fingerprint density at radius 3 is 3.12 bits per heavy atom. The summed E-state index contributed by atoms with van der Waals surface area (Å²) < 4.78 is 6.56. The quantitative estimate of drug-likeness (QED) is 0.643. The molecule has 0 radical (unpaired) electrons. The second-order valence-corrected chi connectivity index (χ2v) is 3.48. The van der Waals surface area contributed by atoms with Crippen LogP contribution in [0.15, 0.2) is 12.1 Å². The molecule has 0 fully saturated rings. The van der Waals surface area contributed by atoms with Gasteiger partial charge in [0, 0.05) is 13.6 Å². The number of aliphatic hydroxyl groups excluding tert-OH is 1. The Labute approximate surface area is 97.8 Å². The third kappa shape index (κ3) is 2.86. The number of tetrazole rings is 1. The minimum absolute atomic E-state index is 0.0402. The Hall–Kier alpha value is -1.80. The molecule has 2 aromatic rings. The Morgan fingerprint density at radius 1 is 1.41 bits per heavy atom. The maximum Gasteiger partial charge on any atom is 0.200 e. The first-order valence-corrected chi connectivity index (χ1v) is 5.26. The fourth-order valence-electron chi connectivity index (χ4n) is 1.33. The van der Waals surface area contributed by atoms with Gasteiger partial charge in [0.15, 0.2) is 11.5 Å². The van der Waals surface area contributed by atoms with E-state index in [-0.39, 0.29) is 6.61 Å². The van der Waals surface area contributed by atoms with Crippen LogP contribution in [0.5, 0.6) is 0 Å². The lowest BCUT2D eigenvalue weighted by atomic mass is 10.4. The van der Waals surface area contributed by atoms with E-state index in [1.165, 1.54) is 4.63 Å². The van der Waals surface area contributed by atoms with Crippen LogP contribution in [-0.4, -0.2) is 63.8 Å². The van der Waals surface area contributed by atoms with E-state index in [1.54, 1.807) is 6.07 Å². The van der Waals surface area contributed by atoms with Gasteiger partial charge in [0.1, 0.15) is 0 Å². The van der Waals surface area contributed by atoms with Crippen molar-refractivity contribution in [3.63, 3.8) is 0 Å². The lowest BCUT2D eigenvalue weighted by molar-refractivity contribution is 0.0970. The summed E-state index contributed by atoms with van der Waals surface area (Å²) in [6, 6.07) is 3.64. The summed E-state index contributed by atoms with van der Waals surface area (Å²) in [4.78, 5) is 1.93. The summed E-state index contributed by atoms with van der Waals surface area (Å²) in [5, 5.41) is 23.8. The Morgan fingerprint density at radius 2 is 2.29 bits per heavy atom. The number of ether oxygens (including phenoxy) is 1. The van der Waals surface area contributed by atoms with Crippen molar-refractivity contribution < 1.29 is 9.84 Å². The van der Waals surface area contributed by atoms with E-state index >= 15 is 0 Å². The van der Waals surface area contributed by atoms with Crippen molar-refractivity contribution in [1.29, 1.82) is 0 Å². The molecule has 0 unspecified atom stereocenters. The van der Waals surface area contributed by atoms with Crippen LogP contribution in [0.3, 0.4) is 0 Å². The summed E-state index contributed by atoms with van der Waals surface area (Å²) in [7, 11) is 1.90. The summed E-state index contributed by atoms with van der Waals surface area (Å²) in [6.45, 7) is 1.61. The highest BCUT2D eigenvalue weighted by molar-refractivity contribution is 5.43. The van der Waals surface area contributed by atoms with Crippen LogP contribution in [0, 0.1) is 0 Å². The maximum absolute atomic E-state index is 8.57. The molecule has 0 atom stereocenters. The molecule has 0 aliphatic rings. The van der Waals surface area contributed by atoms with Gasteiger partial charge in [-0.25, -0.2) is 0 Å². The minimum atomic E-state index is 0.0402. The molecule has 0 amide bonds. The fourth-order valence-corrected chi connectivity index (χ4v) is 1.33. The van der Waals surface area contributed by atoms with E-state index in [4.69, 9.17) is 9.84 Å². The smallest absolute Gasteiger partial charge is 0.200 e. The van der Waals surface area contributed by atoms with Crippen LogP contribution in [0.1, 0.15) is 0 Å². The van der Waals surface area contributed by atoms with E-state index in [9.17, 15) is 0 Å². The predicted octanol–water partition coefficient (Wildman–Crippen LogP) is -1.04. The molecule has 92 valence electrons. The second-order valence-electron chi connectivity index (χ2n) is 3.48. The Kier molecular flexibility index (Phi) is 3.78. The third-order valence-electron chi connectivity index (χ3n) is 2.25. The number of nitrogens with zero attached hydrogens (tertiary/aromatic N) is 6. The highest BCUT2D eigenvalue weighted by Gasteiger charge is 2.05. The van der Waals surface area contributed by atoms with Crippen LogP contribution in [0.2, 0.25) is 0 Å². The molecule has 2 aromatic heterocycles. The largest absolute Gasteiger partial charge is 0.394 e. The van der Waals surface area contributed by atoms with Gasteiger partial charge in [-0.1, -0.05) is 0 Å². The number of rotatable bonds is 6. The van der Waals surface area contributed by atoms with Gasteiger partial charge < -0.3 is 14.7 Å². The van der Waals surface area contributed by atoms with Crippen LogP contribution < -0.4 is 4.90 Å². The first kappa shape index (κ1) is 11.7. The van der Waals surface area contributed by atoms with Gasteiger partial charge in [0.05, 0.1) is 19.8 Å². The molecule has 2 rings (SSSR count). The Balaban J connectivity index is 1.95. The molecular weight excluding hydrogens is 224 g/mol. The molecular formula is C9H14N6O2. The average Bonchev–Trinajstić information content (AvgIpc) is 2.81. The SMILES string of the molecule is CN(CCOCCO)c1ccc2nnnn2n1. The standard InChI is InChI=1S/C9H14N6O2/c1-14(4-6-17-7-5-16)9-3-2-8-10-12-13-15(8)11-9/h2-3,16H,4-7H2,1H3. The molecule has 0 spiro atoms. The van der Waals surface area contributed by atoms with Gasteiger partial charge in [-0.2, -0.15) is 0 Å². The fraction of sp³-hybridized carbons (Fsp3) is 0.556. The Bertz CT molecular complexity index is 473. The van der Waals surface area contributed by atoms with Crippen LogP contribution in [0.4, 0.5) is 5.82 Å². The zero-order chi connectivity index (χ0) is 12.1. The zero-order valence-corrected chi connectivity index (χ0v) is 9.52. The first-order valence-electron chi connectivity index (χ1n) is 5.26. The van der Waals surface area contributed by atoms with Gasteiger partial charge in [-0.15, -0.1) is 14.8 Å². The van der Waals surface area contributed by atoms with Gasteiger partial charge >= 0.3 is 0 Å². The van der Waals surface area contributed by atoms with Gasteiger partial charge in [-0.05, 0) is 22.6 Å². The van der Waals surface area contributed by atoms with Crippen molar-refractivity contribution in [3.8, 4) is 0 Å². The maximum atomic E-state index is 8.57. The van der Waals surface area contributed by atoms with E-state index in [0.717, 1.165) is 5.82 Å². The van der Waals surface area contributed by atoms with Crippen LogP contribution >= 0.6 is 0 Å². The molecule has 0 aliphatic heterocycles. The predicted molar refractivity (Wildman–Crippen MR) is 59.8 cm³/mol. The summed E-state index contributed by atoms with van der Waals surface area (Å²) >= 11 is 0. The number of hydrogen-bond donors (Lipinski definition) is 1. The second kappa shape index (κ2) is 5.51. The number of hydrogen-bond acceptors (Lipinski definition) is 7. The molecule has 17 heavy (non-hydrogen) atoms. The molecule has 8 nitrogen and oxygen atoms in total. The molecule has 0 saturated carbocycles. The molecule has 0 bridgehead atoms. The lowest BCUT2D eigenvalue weighted by Gasteiger charge is -2.17. The number of likely N-dealkylation sites (N-methyl/N-ethyl adjacent to an activating group) is 1. The highest BCUT2D eigenvalue weighted by atomic mass is 16.5. The van der Waals surface area contributed by atoms with Crippen molar-refractivity contribution in [2.24, 2.45) is 0 Å². The van der Waals surface area contributed by atoms with E-state index in [1.807, 2.05) is 18.0 Å². The molecule has 8 heteroatoms. The van der Waals surface area contributed by atoms with Crippen molar-refractivity contribution in [1.82, 2.24) is 25.3 Å². The van der Waals surface area contributed by atoms with Crippen LogP contribution in [0.25, 0.3) is 5.65 Å². The topological polar surface area (TPSA) is 88.7 Å². The normalized spacial score (nSPS) is 10.9. The van der Waals surface area contributed by atoms with Crippen molar-refractivity contribution in [2.45, 2.75) is 0 Å². The monoisotopic (exact) mass is 238 g/mol. The number of aliphatic hydroxyl groups is 1. The third-order valence-corrected chi connectivity index (χ3v) is 2.25. The van der Waals surface area contributed by atoms with E-state index in [0.29, 0.717) is 25.4 Å². The lowest BCUT2D eigenvalue weighted by Crippen LogP contribution is -2.24. The van der Waals surface area contributed by atoms with Gasteiger partial charge in [-0.3, -0.25) is 0 Å². The van der Waals surface area contributed by atoms with Crippen molar-refractivity contribution in [2.75, 3.05) is 38.3 Å². The minimum Gasteiger partial charge on any atom is -0.394 e. The van der Waals surface area contributed by atoms with Crippen molar-refractivity contribution >= 4 is 11.5 Å². The first-order chi connectivity index (χ1) is 8.31. The van der Waals surface area contributed by atoms with E-state index < -0.39 is 0 Å². The molecule has 2 heterocycles. The number of aromatic nitrogens is 5. The number of fused-ring (bicyclic) bond motifs is 1. The highest BCUT2D eigenvalue weighted by Crippen LogP contribution is 2.07. The summed E-state index contributed by atoms with van der Waals surface area (Å²) in [5.74, 6) is 0.761. The molecule has 0 saturated heterocycles. The average molecular weight is 238 g/mol. The molecule has 1 N–H and O–H groups in total. The molecule has 0 aromatic carbocycles. The van der Waals surface area contributed by atoms with E-state index in [2.05, 4.69) is 20.6 Å².